The minimum absolute atomic E-state index is 0.611. The summed E-state index contributed by atoms with van der Waals surface area (Å²) in [6.07, 6.45) is 8.02. The van der Waals surface area contributed by atoms with Gasteiger partial charge in [-0.2, -0.15) is 0 Å². The highest BCUT2D eigenvalue weighted by Gasteiger charge is 2.24. The van der Waals surface area contributed by atoms with Crippen LogP contribution >= 0.6 is 11.3 Å². The van der Waals surface area contributed by atoms with Gasteiger partial charge >= 0.3 is 0 Å². The summed E-state index contributed by atoms with van der Waals surface area (Å²) >= 11 is 1.71. The average molecular weight is 390 g/mol. The van der Waals surface area contributed by atoms with Crippen molar-refractivity contribution in [2.75, 3.05) is 5.32 Å². The fourth-order valence-corrected chi connectivity index (χ4v) is 5.28. The van der Waals surface area contributed by atoms with E-state index in [1.165, 1.54) is 28.6 Å². The molecule has 0 spiro atoms. The van der Waals surface area contributed by atoms with Crippen LogP contribution in [0, 0.1) is 5.92 Å². The van der Waals surface area contributed by atoms with E-state index in [9.17, 15) is 0 Å². The lowest BCUT2D eigenvalue weighted by Gasteiger charge is -2.11. The van der Waals surface area contributed by atoms with Crippen LogP contribution in [0.4, 0.5) is 5.82 Å². The average Bonchev–Trinajstić information content (AvgIpc) is 3.31. The Morgan fingerprint density at radius 2 is 2.00 bits per heavy atom. The van der Waals surface area contributed by atoms with Crippen molar-refractivity contribution in [2.45, 2.75) is 46.1 Å². The number of nitrogens with one attached hydrogen (secondary N) is 1. The summed E-state index contributed by atoms with van der Waals surface area (Å²) in [6.45, 7) is 5.18. The zero-order valence-corrected chi connectivity index (χ0v) is 17.0. The molecule has 1 aliphatic rings. The van der Waals surface area contributed by atoms with Gasteiger partial charge in [0.15, 0.2) is 0 Å². The van der Waals surface area contributed by atoms with Crippen LogP contribution in [0.5, 0.6) is 0 Å². The first-order valence-electron chi connectivity index (χ1n) is 9.92. The van der Waals surface area contributed by atoms with Gasteiger partial charge in [0, 0.05) is 17.3 Å². The fourth-order valence-electron chi connectivity index (χ4n) is 4.13. The molecule has 0 aliphatic heterocycles. The molecule has 0 aromatic carbocycles. The number of pyridine rings is 2. The number of anilines is 1. The summed E-state index contributed by atoms with van der Waals surface area (Å²) in [6, 6.07) is 5.95. The highest BCUT2D eigenvalue weighted by Crippen LogP contribution is 2.41. The van der Waals surface area contributed by atoms with Gasteiger partial charge in [-0.15, -0.1) is 11.3 Å². The molecule has 0 saturated carbocycles. The topological polar surface area (TPSA) is 63.6 Å². The molecule has 5 rings (SSSR count). The normalized spacial score (nSPS) is 13.5. The Labute approximate surface area is 168 Å². The molecule has 0 atom stereocenters. The van der Waals surface area contributed by atoms with E-state index in [-0.39, 0.29) is 0 Å². The van der Waals surface area contributed by atoms with Gasteiger partial charge in [-0.1, -0.05) is 19.9 Å². The van der Waals surface area contributed by atoms with Crippen LogP contribution in [0.3, 0.4) is 0 Å². The van der Waals surface area contributed by atoms with E-state index >= 15 is 0 Å². The number of aryl methyl sites for hydroxylation is 1. The molecule has 6 heteroatoms. The number of thiophene rings is 1. The predicted octanol–water partition coefficient (Wildman–Crippen LogP) is 4.93. The summed E-state index contributed by atoms with van der Waals surface area (Å²) in [5, 5.41) is 4.70. The molecule has 1 N–H and O–H groups in total. The van der Waals surface area contributed by atoms with Crippen molar-refractivity contribution in [3.8, 4) is 0 Å². The lowest BCUT2D eigenvalue weighted by atomic mass is 9.99. The number of hydrogen-bond donors (Lipinski definition) is 1. The third kappa shape index (κ3) is 3.02. The largest absolute Gasteiger partial charge is 0.363 e. The van der Waals surface area contributed by atoms with E-state index in [0.717, 1.165) is 45.8 Å². The SMILES string of the molecule is CC(C)Cc1nc2sc3c(NCc4ccccn4)ncnc3c2c2c1CCC2. The first-order valence-corrected chi connectivity index (χ1v) is 10.7. The maximum atomic E-state index is 5.09. The third-order valence-corrected chi connectivity index (χ3v) is 6.40. The van der Waals surface area contributed by atoms with E-state index in [4.69, 9.17) is 4.98 Å². The Hall–Kier alpha value is -2.60. The Morgan fingerprint density at radius 1 is 1.11 bits per heavy atom. The van der Waals surface area contributed by atoms with Crippen LogP contribution in [-0.4, -0.2) is 19.9 Å². The monoisotopic (exact) mass is 389 g/mol. The molecular formula is C22H23N5S. The van der Waals surface area contributed by atoms with Gasteiger partial charge in [0.25, 0.3) is 0 Å². The van der Waals surface area contributed by atoms with Gasteiger partial charge < -0.3 is 5.32 Å². The van der Waals surface area contributed by atoms with Crippen molar-refractivity contribution in [3.05, 3.63) is 53.2 Å². The zero-order chi connectivity index (χ0) is 19.1. The first kappa shape index (κ1) is 17.5. The first-order chi connectivity index (χ1) is 13.7. The van der Waals surface area contributed by atoms with Crippen molar-refractivity contribution in [3.63, 3.8) is 0 Å². The molecule has 0 saturated heterocycles. The van der Waals surface area contributed by atoms with Crippen LogP contribution < -0.4 is 5.32 Å². The Bertz CT molecular complexity index is 1150. The molecule has 0 unspecified atom stereocenters. The third-order valence-electron chi connectivity index (χ3n) is 5.32. The van der Waals surface area contributed by atoms with Crippen LogP contribution in [0.2, 0.25) is 0 Å². The zero-order valence-electron chi connectivity index (χ0n) is 16.2. The quantitative estimate of drug-likeness (QED) is 0.524. The van der Waals surface area contributed by atoms with Crippen LogP contribution in [-0.2, 0) is 25.8 Å². The molecule has 4 aromatic heterocycles. The van der Waals surface area contributed by atoms with Gasteiger partial charge in [0.1, 0.15) is 17.0 Å². The Balaban J connectivity index is 1.62. The standard InChI is InChI=1S/C22H23N5S/c1-13(2)10-17-15-7-5-8-16(15)18-19-20(28-22(18)27-17)21(26-12-25-19)24-11-14-6-3-4-9-23-14/h3-4,6,9,12-13H,5,7-8,10-11H2,1-2H3,(H,24,25,26). The second-order valence-electron chi connectivity index (χ2n) is 7.82. The highest BCUT2D eigenvalue weighted by molar-refractivity contribution is 7.26. The number of hydrogen-bond acceptors (Lipinski definition) is 6. The molecule has 28 heavy (non-hydrogen) atoms. The molecule has 0 radical (unpaired) electrons. The molecule has 4 aromatic rings. The summed E-state index contributed by atoms with van der Waals surface area (Å²) < 4.78 is 1.09. The minimum atomic E-state index is 0.611. The highest BCUT2D eigenvalue weighted by atomic mass is 32.1. The predicted molar refractivity (Wildman–Crippen MR) is 115 cm³/mol. The number of aromatic nitrogens is 4. The van der Waals surface area contributed by atoms with Gasteiger partial charge in [-0.3, -0.25) is 4.98 Å². The number of fused-ring (bicyclic) bond motifs is 5. The van der Waals surface area contributed by atoms with Gasteiger partial charge in [-0.05, 0) is 54.9 Å². The molecule has 0 fully saturated rings. The second-order valence-corrected chi connectivity index (χ2v) is 8.82. The molecule has 5 nitrogen and oxygen atoms in total. The number of rotatable bonds is 5. The van der Waals surface area contributed by atoms with E-state index in [1.54, 1.807) is 17.7 Å². The number of nitrogens with zero attached hydrogens (tertiary/aromatic N) is 4. The van der Waals surface area contributed by atoms with Crippen molar-refractivity contribution in [1.29, 1.82) is 0 Å². The Morgan fingerprint density at radius 3 is 2.82 bits per heavy atom. The summed E-state index contributed by atoms with van der Waals surface area (Å²) in [4.78, 5) is 19.8. The maximum Gasteiger partial charge on any atom is 0.147 e. The minimum Gasteiger partial charge on any atom is -0.363 e. The molecular weight excluding hydrogens is 366 g/mol. The summed E-state index contributed by atoms with van der Waals surface area (Å²) in [5.41, 5.74) is 6.27. The molecule has 4 heterocycles. The van der Waals surface area contributed by atoms with Gasteiger partial charge in [0.2, 0.25) is 0 Å². The van der Waals surface area contributed by atoms with Crippen LogP contribution in [0.25, 0.3) is 20.4 Å². The van der Waals surface area contributed by atoms with Gasteiger partial charge in [-0.25, -0.2) is 15.0 Å². The lowest BCUT2D eigenvalue weighted by Crippen LogP contribution is -2.03. The van der Waals surface area contributed by atoms with E-state index in [2.05, 4.69) is 34.1 Å². The molecule has 142 valence electrons. The fraction of sp³-hybridized carbons (Fsp3) is 0.364. The second kappa shape index (κ2) is 7.09. The maximum absolute atomic E-state index is 5.09. The molecule has 0 bridgehead atoms. The van der Waals surface area contributed by atoms with E-state index < -0.39 is 0 Å². The molecule has 1 aliphatic carbocycles. The Kier molecular flexibility index (Phi) is 4.43. The van der Waals surface area contributed by atoms with Crippen molar-refractivity contribution in [1.82, 2.24) is 19.9 Å². The molecule has 0 amide bonds. The van der Waals surface area contributed by atoms with Crippen molar-refractivity contribution in [2.24, 2.45) is 5.92 Å². The van der Waals surface area contributed by atoms with Crippen LogP contribution in [0.1, 0.15) is 42.8 Å². The van der Waals surface area contributed by atoms with Crippen molar-refractivity contribution >= 4 is 37.6 Å². The van der Waals surface area contributed by atoms with Gasteiger partial charge in [0.05, 0.1) is 22.5 Å². The van der Waals surface area contributed by atoms with Crippen LogP contribution in [0.15, 0.2) is 30.7 Å². The summed E-state index contributed by atoms with van der Waals surface area (Å²) in [5.74, 6) is 1.48. The van der Waals surface area contributed by atoms with E-state index in [0.29, 0.717) is 12.5 Å². The summed E-state index contributed by atoms with van der Waals surface area (Å²) in [7, 11) is 0. The lowest BCUT2D eigenvalue weighted by molar-refractivity contribution is 0.632. The van der Waals surface area contributed by atoms with Crippen molar-refractivity contribution < 1.29 is 0 Å². The smallest absolute Gasteiger partial charge is 0.147 e. The van der Waals surface area contributed by atoms with E-state index in [1.807, 2.05) is 24.4 Å².